The second-order valence-electron chi connectivity index (χ2n) is 5.09. The molecule has 1 aromatic rings. The molecule has 0 saturated carbocycles. The van der Waals surface area contributed by atoms with E-state index in [9.17, 15) is 5.11 Å². The maximum atomic E-state index is 9.18. The Morgan fingerprint density at radius 2 is 1.86 bits per heavy atom. The Balaban J connectivity index is 0. The first kappa shape index (κ1) is 23.5. The van der Waals surface area contributed by atoms with Crippen molar-refractivity contribution < 1.29 is 37.8 Å². The van der Waals surface area contributed by atoms with Crippen LogP contribution < -0.4 is 5.32 Å². The fraction of sp³-hybridized carbons (Fsp3) is 0.529. The first-order chi connectivity index (χ1) is 8.88. The van der Waals surface area contributed by atoms with Crippen molar-refractivity contribution in [1.82, 2.24) is 10.2 Å². The van der Waals surface area contributed by atoms with Crippen LogP contribution in [0, 0.1) is 14.9 Å². The van der Waals surface area contributed by atoms with E-state index >= 15 is 0 Å². The van der Waals surface area contributed by atoms with Gasteiger partial charge in [0.1, 0.15) is 0 Å². The summed E-state index contributed by atoms with van der Waals surface area (Å²) in [7, 11) is 0. The third kappa shape index (κ3) is 9.05. The van der Waals surface area contributed by atoms with Crippen LogP contribution in [0.5, 0.6) is 0 Å². The molecule has 0 aromatic heterocycles. The predicted molar refractivity (Wildman–Crippen MR) is 87.3 cm³/mol. The van der Waals surface area contributed by atoms with E-state index in [0.717, 1.165) is 26.2 Å². The smallest absolute Gasteiger partial charge is 0.0558 e. The Kier molecular flexibility index (Phi) is 15.5. The number of hydrogen-bond donors (Lipinski definition) is 2. The average molecular weight is 367 g/mol. The summed E-state index contributed by atoms with van der Waals surface area (Å²) in [6.45, 7) is 4.10. The van der Waals surface area contributed by atoms with Gasteiger partial charge in [-0.25, -0.2) is 0 Å². The Morgan fingerprint density at radius 3 is 2.43 bits per heavy atom. The zero-order valence-electron chi connectivity index (χ0n) is 13.6. The molecule has 3 nitrogen and oxygen atoms in total. The number of piperidine rings is 1. The molecule has 2 rings (SSSR count). The molecule has 1 fully saturated rings. The SMILES string of the molecule is OCCN(Cc1ccccc1)CC1CCCCN1.[CH3-].[CH3-].[Y]. The predicted octanol–water partition coefficient (Wildman–Crippen LogP) is 2.52. The third-order valence-corrected chi connectivity index (χ3v) is 3.56. The minimum atomic E-state index is 0. The molecule has 0 bridgehead atoms. The van der Waals surface area contributed by atoms with Crippen LogP contribution >= 0.6 is 0 Å². The van der Waals surface area contributed by atoms with E-state index in [1.165, 1.54) is 24.8 Å². The Labute approximate surface area is 156 Å². The van der Waals surface area contributed by atoms with Crippen molar-refractivity contribution >= 4 is 0 Å². The summed E-state index contributed by atoms with van der Waals surface area (Å²) in [5.41, 5.74) is 1.32. The maximum Gasteiger partial charge on any atom is 0.0558 e. The summed E-state index contributed by atoms with van der Waals surface area (Å²) < 4.78 is 0. The molecule has 1 aliphatic heterocycles. The molecule has 1 heterocycles. The van der Waals surface area contributed by atoms with Gasteiger partial charge in [0.15, 0.2) is 0 Å². The molecule has 4 heteroatoms. The molecule has 21 heavy (non-hydrogen) atoms. The van der Waals surface area contributed by atoms with Gasteiger partial charge in [0, 0.05) is 58.4 Å². The number of hydrogen-bond acceptors (Lipinski definition) is 3. The molecular weight excluding hydrogens is 337 g/mol. The molecule has 0 spiro atoms. The van der Waals surface area contributed by atoms with Gasteiger partial charge < -0.3 is 25.3 Å². The van der Waals surface area contributed by atoms with Gasteiger partial charge in [0.2, 0.25) is 0 Å². The molecule has 2 N–H and O–H groups in total. The number of benzene rings is 1. The summed E-state index contributed by atoms with van der Waals surface area (Å²) in [6, 6.07) is 11.1. The number of nitrogens with one attached hydrogen (secondary N) is 1. The summed E-state index contributed by atoms with van der Waals surface area (Å²) in [5, 5.41) is 12.8. The minimum absolute atomic E-state index is 0. The second-order valence-corrected chi connectivity index (χ2v) is 5.09. The van der Waals surface area contributed by atoms with Crippen LogP contribution in [0.4, 0.5) is 0 Å². The van der Waals surface area contributed by atoms with E-state index in [0.29, 0.717) is 6.04 Å². The van der Waals surface area contributed by atoms with Gasteiger partial charge in [-0.15, -0.1) is 0 Å². The monoisotopic (exact) mass is 367 g/mol. The minimum Gasteiger partial charge on any atom is -0.395 e. The molecular formula is C17H30N2OY-2. The van der Waals surface area contributed by atoms with Crippen molar-refractivity contribution in [2.75, 3.05) is 26.2 Å². The fourth-order valence-corrected chi connectivity index (χ4v) is 2.61. The summed E-state index contributed by atoms with van der Waals surface area (Å²) in [5.74, 6) is 0. The van der Waals surface area contributed by atoms with Gasteiger partial charge in [0.05, 0.1) is 6.61 Å². The summed E-state index contributed by atoms with van der Waals surface area (Å²) in [6.07, 6.45) is 3.89. The Bertz CT molecular complexity index is 329. The van der Waals surface area contributed by atoms with E-state index in [1.807, 2.05) is 6.07 Å². The van der Waals surface area contributed by atoms with E-state index in [-0.39, 0.29) is 54.2 Å². The maximum absolute atomic E-state index is 9.18. The van der Waals surface area contributed by atoms with Crippen molar-refractivity contribution in [3.05, 3.63) is 50.7 Å². The number of aliphatic hydroxyl groups excluding tert-OH is 1. The summed E-state index contributed by atoms with van der Waals surface area (Å²) >= 11 is 0. The van der Waals surface area contributed by atoms with Crippen LogP contribution in [-0.2, 0) is 39.3 Å². The third-order valence-electron chi connectivity index (χ3n) is 3.56. The first-order valence-electron chi connectivity index (χ1n) is 6.99. The number of aliphatic hydroxyl groups is 1. The molecule has 1 unspecified atom stereocenters. The van der Waals surface area contributed by atoms with Gasteiger partial charge in [-0.3, -0.25) is 4.90 Å². The van der Waals surface area contributed by atoms with Crippen molar-refractivity contribution in [1.29, 1.82) is 0 Å². The average Bonchev–Trinajstić information content (AvgIpc) is 2.41. The van der Waals surface area contributed by atoms with Crippen molar-refractivity contribution in [2.24, 2.45) is 0 Å². The normalized spacial score (nSPS) is 17.3. The molecule has 1 aromatic carbocycles. The van der Waals surface area contributed by atoms with Crippen molar-refractivity contribution in [3.63, 3.8) is 0 Å². The standard InChI is InChI=1S/C15H24N2O.2CH3.Y/c18-11-10-17(12-14-6-2-1-3-7-14)13-15-8-4-5-9-16-15;;;/h1-3,6-7,15-16,18H,4-5,8-13H2;2*1H3;/q;2*-1;. The summed E-state index contributed by atoms with van der Waals surface area (Å²) in [4.78, 5) is 2.35. The van der Waals surface area contributed by atoms with E-state index in [4.69, 9.17) is 0 Å². The zero-order valence-corrected chi connectivity index (χ0v) is 16.4. The first-order valence-corrected chi connectivity index (χ1v) is 6.99. The molecule has 1 saturated heterocycles. The molecule has 0 amide bonds. The van der Waals surface area contributed by atoms with Gasteiger partial charge in [0.25, 0.3) is 0 Å². The Morgan fingerprint density at radius 1 is 1.14 bits per heavy atom. The van der Waals surface area contributed by atoms with Crippen LogP contribution in [0.15, 0.2) is 30.3 Å². The van der Waals surface area contributed by atoms with Crippen LogP contribution in [0.2, 0.25) is 0 Å². The van der Waals surface area contributed by atoms with E-state index < -0.39 is 0 Å². The molecule has 1 radical (unpaired) electrons. The van der Waals surface area contributed by atoms with Gasteiger partial charge >= 0.3 is 0 Å². The van der Waals surface area contributed by atoms with Crippen LogP contribution in [0.3, 0.4) is 0 Å². The van der Waals surface area contributed by atoms with Gasteiger partial charge in [-0.2, -0.15) is 0 Å². The second kappa shape index (κ2) is 13.8. The van der Waals surface area contributed by atoms with E-state index in [2.05, 4.69) is 34.5 Å². The molecule has 0 aliphatic carbocycles. The quantitative estimate of drug-likeness (QED) is 0.759. The molecule has 119 valence electrons. The number of rotatable bonds is 6. The topological polar surface area (TPSA) is 35.5 Å². The van der Waals surface area contributed by atoms with Crippen LogP contribution in [0.25, 0.3) is 0 Å². The van der Waals surface area contributed by atoms with Crippen molar-refractivity contribution in [3.8, 4) is 0 Å². The largest absolute Gasteiger partial charge is 0.395 e. The number of nitrogens with zero attached hydrogens (tertiary/aromatic N) is 1. The van der Waals surface area contributed by atoms with Crippen LogP contribution in [0.1, 0.15) is 24.8 Å². The Hall–Kier alpha value is 0.204. The zero-order chi connectivity index (χ0) is 12.6. The van der Waals surface area contributed by atoms with Gasteiger partial charge in [-0.1, -0.05) is 36.8 Å². The van der Waals surface area contributed by atoms with Crippen LogP contribution in [-0.4, -0.2) is 42.3 Å². The fourth-order valence-electron chi connectivity index (χ4n) is 2.61. The van der Waals surface area contributed by atoms with Crippen molar-refractivity contribution in [2.45, 2.75) is 31.8 Å². The molecule has 1 atom stereocenters. The van der Waals surface area contributed by atoms with Gasteiger partial charge in [-0.05, 0) is 24.9 Å². The molecule has 1 aliphatic rings. The van der Waals surface area contributed by atoms with E-state index in [1.54, 1.807) is 0 Å².